The quantitative estimate of drug-likeness (QED) is 0.851. The van der Waals surface area contributed by atoms with Crippen LogP contribution in [-0.2, 0) is 11.2 Å². The molecule has 0 spiro atoms. The number of carbonyl (C=O) groups is 1. The van der Waals surface area contributed by atoms with Crippen molar-refractivity contribution in [2.24, 2.45) is 11.1 Å². The molecule has 0 heterocycles. The highest BCUT2D eigenvalue weighted by molar-refractivity contribution is 5.85. The SMILES string of the molecule is Cc1ccc(CCNC(=O)C2(CN)CC2)c(C)c1C. The number of nitrogens with two attached hydrogens (primary N) is 1. The van der Waals surface area contributed by atoms with E-state index in [4.69, 9.17) is 5.73 Å². The molecule has 0 atom stereocenters. The van der Waals surface area contributed by atoms with E-state index in [1.807, 2.05) is 0 Å². The third kappa shape index (κ3) is 2.81. The van der Waals surface area contributed by atoms with E-state index < -0.39 is 0 Å². The normalized spacial score (nSPS) is 16.2. The first-order valence-corrected chi connectivity index (χ1v) is 7.04. The Morgan fingerprint density at radius 2 is 1.95 bits per heavy atom. The molecule has 3 N–H and O–H groups in total. The third-order valence-electron chi connectivity index (χ3n) is 4.58. The minimum Gasteiger partial charge on any atom is -0.355 e. The number of rotatable bonds is 5. The molecule has 2 rings (SSSR count). The fourth-order valence-corrected chi connectivity index (χ4v) is 2.46. The lowest BCUT2D eigenvalue weighted by atomic mass is 9.97. The molecule has 3 heteroatoms. The Morgan fingerprint density at radius 3 is 2.53 bits per heavy atom. The Kier molecular flexibility index (Phi) is 3.95. The minimum absolute atomic E-state index is 0.136. The molecule has 1 aliphatic carbocycles. The molecular formula is C16H24N2O. The summed E-state index contributed by atoms with van der Waals surface area (Å²) in [6.07, 6.45) is 2.77. The van der Waals surface area contributed by atoms with Crippen LogP contribution in [0, 0.1) is 26.2 Å². The smallest absolute Gasteiger partial charge is 0.227 e. The second kappa shape index (κ2) is 5.33. The van der Waals surface area contributed by atoms with Gasteiger partial charge in [-0.2, -0.15) is 0 Å². The molecule has 0 bridgehead atoms. The van der Waals surface area contributed by atoms with Gasteiger partial charge in [0.05, 0.1) is 5.41 Å². The second-order valence-corrected chi connectivity index (χ2v) is 5.78. The van der Waals surface area contributed by atoms with Crippen LogP contribution >= 0.6 is 0 Å². The Morgan fingerprint density at radius 1 is 1.26 bits per heavy atom. The van der Waals surface area contributed by atoms with E-state index in [0.29, 0.717) is 13.1 Å². The van der Waals surface area contributed by atoms with Crippen molar-refractivity contribution >= 4 is 5.91 Å². The first-order valence-electron chi connectivity index (χ1n) is 7.04. The first-order chi connectivity index (χ1) is 9.00. The summed E-state index contributed by atoms with van der Waals surface area (Å²) in [5, 5.41) is 3.03. The summed E-state index contributed by atoms with van der Waals surface area (Å²) in [6.45, 7) is 7.61. The molecule has 0 unspecified atom stereocenters. The van der Waals surface area contributed by atoms with Gasteiger partial charge in [0.2, 0.25) is 5.91 Å². The summed E-state index contributed by atoms with van der Waals surface area (Å²) < 4.78 is 0. The summed E-state index contributed by atoms with van der Waals surface area (Å²) in [4.78, 5) is 12.0. The number of nitrogens with one attached hydrogen (secondary N) is 1. The van der Waals surface area contributed by atoms with Crippen molar-refractivity contribution in [2.45, 2.75) is 40.0 Å². The zero-order chi connectivity index (χ0) is 14.0. The molecule has 1 fully saturated rings. The molecule has 1 aliphatic rings. The maximum atomic E-state index is 12.0. The Labute approximate surface area is 115 Å². The Balaban J connectivity index is 1.90. The van der Waals surface area contributed by atoms with Gasteiger partial charge in [0.15, 0.2) is 0 Å². The molecule has 0 aromatic heterocycles. The molecule has 0 saturated heterocycles. The van der Waals surface area contributed by atoms with Crippen molar-refractivity contribution in [3.63, 3.8) is 0 Å². The van der Waals surface area contributed by atoms with Crippen LogP contribution in [-0.4, -0.2) is 19.0 Å². The van der Waals surface area contributed by atoms with E-state index in [2.05, 4.69) is 38.2 Å². The molecule has 19 heavy (non-hydrogen) atoms. The van der Waals surface area contributed by atoms with E-state index in [1.54, 1.807) is 0 Å². The third-order valence-corrected chi connectivity index (χ3v) is 4.58. The number of hydrogen-bond acceptors (Lipinski definition) is 2. The fourth-order valence-electron chi connectivity index (χ4n) is 2.46. The molecule has 1 amide bonds. The lowest BCUT2D eigenvalue weighted by molar-refractivity contribution is -0.125. The maximum Gasteiger partial charge on any atom is 0.227 e. The summed E-state index contributed by atoms with van der Waals surface area (Å²) in [5.41, 5.74) is 10.8. The minimum atomic E-state index is -0.238. The van der Waals surface area contributed by atoms with Gasteiger partial charge < -0.3 is 11.1 Å². The van der Waals surface area contributed by atoms with Crippen LogP contribution in [0.25, 0.3) is 0 Å². The Hall–Kier alpha value is -1.35. The average molecular weight is 260 g/mol. The van der Waals surface area contributed by atoms with Gasteiger partial charge in [0, 0.05) is 13.1 Å². The molecule has 1 aromatic rings. The number of benzene rings is 1. The van der Waals surface area contributed by atoms with Crippen LogP contribution in [0.1, 0.15) is 35.1 Å². The van der Waals surface area contributed by atoms with Crippen LogP contribution in [0.15, 0.2) is 12.1 Å². The van der Waals surface area contributed by atoms with Crippen molar-refractivity contribution in [2.75, 3.05) is 13.1 Å². The van der Waals surface area contributed by atoms with Gasteiger partial charge in [-0.1, -0.05) is 12.1 Å². The predicted octanol–water partition coefficient (Wildman–Crippen LogP) is 2.01. The van der Waals surface area contributed by atoms with Crippen molar-refractivity contribution in [3.05, 3.63) is 34.4 Å². The molecule has 104 valence electrons. The first kappa shape index (κ1) is 14.1. The zero-order valence-corrected chi connectivity index (χ0v) is 12.2. The number of amides is 1. The van der Waals surface area contributed by atoms with Crippen LogP contribution in [0.5, 0.6) is 0 Å². The molecular weight excluding hydrogens is 236 g/mol. The van der Waals surface area contributed by atoms with Gasteiger partial charge in [-0.3, -0.25) is 4.79 Å². The molecule has 3 nitrogen and oxygen atoms in total. The highest BCUT2D eigenvalue weighted by Crippen LogP contribution is 2.44. The maximum absolute atomic E-state index is 12.0. The highest BCUT2D eigenvalue weighted by Gasteiger charge is 2.48. The molecule has 1 saturated carbocycles. The van der Waals surface area contributed by atoms with Crippen LogP contribution < -0.4 is 11.1 Å². The monoisotopic (exact) mass is 260 g/mol. The van der Waals surface area contributed by atoms with Crippen LogP contribution in [0.2, 0.25) is 0 Å². The number of carbonyl (C=O) groups excluding carboxylic acids is 1. The van der Waals surface area contributed by atoms with Crippen molar-refractivity contribution in [1.82, 2.24) is 5.32 Å². The standard InChI is InChI=1S/C16H24N2O/c1-11-4-5-14(13(3)12(11)2)6-9-18-15(19)16(10-17)7-8-16/h4-5H,6-10,17H2,1-3H3,(H,18,19). The largest absolute Gasteiger partial charge is 0.355 e. The van der Waals surface area contributed by atoms with Gasteiger partial charge in [-0.05, 0) is 62.3 Å². The molecule has 1 aromatic carbocycles. The topological polar surface area (TPSA) is 55.1 Å². The Bertz CT molecular complexity index is 490. The summed E-state index contributed by atoms with van der Waals surface area (Å²) in [7, 11) is 0. The van der Waals surface area contributed by atoms with Crippen molar-refractivity contribution in [3.8, 4) is 0 Å². The van der Waals surface area contributed by atoms with Crippen LogP contribution in [0.3, 0.4) is 0 Å². The highest BCUT2D eigenvalue weighted by atomic mass is 16.2. The average Bonchev–Trinajstić information content (AvgIpc) is 3.19. The molecule has 0 radical (unpaired) electrons. The number of aryl methyl sites for hydroxylation is 1. The summed E-state index contributed by atoms with van der Waals surface area (Å²) >= 11 is 0. The van der Waals surface area contributed by atoms with Crippen LogP contribution in [0.4, 0.5) is 0 Å². The van der Waals surface area contributed by atoms with E-state index in [0.717, 1.165) is 19.3 Å². The fraction of sp³-hybridized carbons (Fsp3) is 0.562. The lowest BCUT2D eigenvalue weighted by Gasteiger charge is -2.14. The van der Waals surface area contributed by atoms with Gasteiger partial charge in [-0.25, -0.2) is 0 Å². The van der Waals surface area contributed by atoms with Gasteiger partial charge >= 0.3 is 0 Å². The summed E-state index contributed by atoms with van der Waals surface area (Å²) in [6, 6.07) is 4.32. The van der Waals surface area contributed by atoms with E-state index in [1.165, 1.54) is 22.3 Å². The lowest BCUT2D eigenvalue weighted by Crippen LogP contribution is -2.37. The van der Waals surface area contributed by atoms with Crippen molar-refractivity contribution in [1.29, 1.82) is 0 Å². The number of hydrogen-bond donors (Lipinski definition) is 2. The van der Waals surface area contributed by atoms with E-state index in [9.17, 15) is 4.79 Å². The summed E-state index contributed by atoms with van der Waals surface area (Å²) in [5.74, 6) is 0.136. The van der Waals surface area contributed by atoms with Gasteiger partial charge in [0.1, 0.15) is 0 Å². The second-order valence-electron chi connectivity index (χ2n) is 5.78. The van der Waals surface area contributed by atoms with Gasteiger partial charge in [0.25, 0.3) is 0 Å². The van der Waals surface area contributed by atoms with Gasteiger partial charge in [-0.15, -0.1) is 0 Å². The zero-order valence-electron chi connectivity index (χ0n) is 12.2. The van der Waals surface area contributed by atoms with E-state index in [-0.39, 0.29) is 11.3 Å². The predicted molar refractivity (Wildman–Crippen MR) is 78.1 cm³/mol. The van der Waals surface area contributed by atoms with E-state index >= 15 is 0 Å². The molecule has 0 aliphatic heterocycles. The van der Waals surface area contributed by atoms with Crippen molar-refractivity contribution < 1.29 is 4.79 Å².